The van der Waals surface area contributed by atoms with Gasteiger partial charge in [0.25, 0.3) is 0 Å². The Labute approximate surface area is 103 Å². The Balaban J connectivity index is 2.47. The second kappa shape index (κ2) is 4.68. The SMILES string of the molecule is CC(N)Cc1cc2c(cc1C(F)(F)F)OCCO2. The van der Waals surface area contributed by atoms with Gasteiger partial charge in [0.1, 0.15) is 13.2 Å². The maximum Gasteiger partial charge on any atom is 0.416 e. The molecule has 0 saturated carbocycles. The highest BCUT2D eigenvalue weighted by molar-refractivity contribution is 5.49. The summed E-state index contributed by atoms with van der Waals surface area (Å²) in [4.78, 5) is 0. The Hall–Kier alpha value is -1.43. The van der Waals surface area contributed by atoms with Gasteiger partial charge in [0.05, 0.1) is 5.56 Å². The molecular formula is C12H14F3NO2. The molecule has 0 amide bonds. The summed E-state index contributed by atoms with van der Waals surface area (Å²) < 4.78 is 49.2. The molecule has 1 atom stereocenters. The molecule has 0 fully saturated rings. The van der Waals surface area contributed by atoms with Crippen molar-refractivity contribution in [3.63, 3.8) is 0 Å². The summed E-state index contributed by atoms with van der Waals surface area (Å²) in [6.45, 7) is 2.27. The van der Waals surface area contributed by atoms with Crippen LogP contribution in [-0.4, -0.2) is 19.3 Å². The summed E-state index contributed by atoms with van der Waals surface area (Å²) in [6, 6.07) is 2.01. The number of rotatable bonds is 2. The minimum absolute atomic E-state index is 0.141. The maximum absolute atomic E-state index is 12.9. The lowest BCUT2D eigenvalue weighted by atomic mass is 9.99. The van der Waals surface area contributed by atoms with Gasteiger partial charge in [-0.15, -0.1) is 0 Å². The quantitative estimate of drug-likeness (QED) is 0.888. The van der Waals surface area contributed by atoms with Crippen LogP contribution in [0.2, 0.25) is 0 Å². The van der Waals surface area contributed by atoms with Crippen LogP contribution < -0.4 is 15.2 Å². The number of hydrogen-bond donors (Lipinski definition) is 1. The van der Waals surface area contributed by atoms with Crippen molar-refractivity contribution in [1.29, 1.82) is 0 Å². The van der Waals surface area contributed by atoms with E-state index in [0.717, 1.165) is 6.07 Å². The Kier molecular flexibility index (Phi) is 3.38. The van der Waals surface area contributed by atoms with Crippen LogP contribution in [0, 0.1) is 0 Å². The second-order valence-corrected chi connectivity index (χ2v) is 4.33. The van der Waals surface area contributed by atoms with Gasteiger partial charge in [-0.2, -0.15) is 13.2 Å². The van der Waals surface area contributed by atoms with Gasteiger partial charge in [-0.25, -0.2) is 0 Å². The summed E-state index contributed by atoms with van der Waals surface area (Å²) in [5.74, 6) is 0.492. The van der Waals surface area contributed by atoms with Crippen molar-refractivity contribution in [3.05, 3.63) is 23.3 Å². The van der Waals surface area contributed by atoms with Gasteiger partial charge >= 0.3 is 6.18 Å². The third-order valence-electron chi connectivity index (χ3n) is 2.62. The molecule has 1 aromatic rings. The first-order valence-corrected chi connectivity index (χ1v) is 5.63. The molecule has 2 N–H and O–H groups in total. The highest BCUT2D eigenvalue weighted by atomic mass is 19.4. The zero-order valence-electron chi connectivity index (χ0n) is 9.88. The van der Waals surface area contributed by atoms with Gasteiger partial charge in [0.2, 0.25) is 0 Å². The lowest BCUT2D eigenvalue weighted by Gasteiger charge is -2.22. The summed E-state index contributed by atoms with van der Waals surface area (Å²) >= 11 is 0. The topological polar surface area (TPSA) is 44.5 Å². The smallest absolute Gasteiger partial charge is 0.416 e. The molecule has 0 radical (unpaired) electrons. The molecule has 0 aliphatic carbocycles. The number of alkyl halides is 3. The van der Waals surface area contributed by atoms with Crippen LogP contribution in [-0.2, 0) is 12.6 Å². The summed E-state index contributed by atoms with van der Waals surface area (Å²) in [5, 5.41) is 0. The predicted octanol–water partition coefficient (Wildman–Crippen LogP) is 2.37. The van der Waals surface area contributed by atoms with Crippen LogP contribution in [0.4, 0.5) is 13.2 Å². The van der Waals surface area contributed by atoms with E-state index in [9.17, 15) is 13.2 Å². The van der Waals surface area contributed by atoms with Crippen molar-refractivity contribution in [3.8, 4) is 11.5 Å². The first-order chi connectivity index (χ1) is 8.38. The normalized spacial score (nSPS) is 16.5. The molecule has 3 nitrogen and oxygen atoms in total. The van der Waals surface area contributed by atoms with Crippen LogP contribution in [0.15, 0.2) is 12.1 Å². The second-order valence-electron chi connectivity index (χ2n) is 4.33. The van der Waals surface area contributed by atoms with Crippen molar-refractivity contribution in [2.24, 2.45) is 5.73 Å². The summed E-state index contributed by atoms with van der Waals surface area (Å²) in [5.41, 5.74) is 5.01. The fourth-order valence-electron chi connectivity index (χ4n) is 1.91. The molecule has 0 aromatic heterocycles. The van der Waals surface area contributed by atoms with Crippen LogP contribution in [0.1, 0.15) is 18.1 Å². The van der Waals surface area contributed by atoms with Crippen LogP contribution in [0.3, 0.4) is 0 Å². The van der Waals surface area contributed by atoms with Gasteiger partial charge in [-0.05, 0) is 31.0 Å². The Morgan fingerprint density at radius 3 is 2.28 bits per heavy atom. The first-order valence-electron chi connectivity index (χ1n) is 5.63. The molecule has 1 unspecified atom stereocenters. The Morgan fingerprint density at radius 2 is 1.78 bits per heavy atom. The monoisotopic (exact) mass is 261 g/mol. The molecule has 0 bridgehead atoms. The highest BCUT2D eigenvalue weighted by Gasteiger charge is 2.35. The molecule has 6 heteroatoms. The van der Waals surface area contributed by atoms with Crippen molar-refractivity contribution < 1.29 is 22.6 Å². The largest absolute Gasteiger partial charge is 0.486 e. The highest BCUT2D eigenvalue weighted by Crippen LogP contribution is 2.40. The van der Waals surface area contributed by atoms with Crippen molar-refractivity contribution in [2.45, 2.75) is 25.6 Å². The molecule has 0 saturated heterocycles. The predicted molar refractivity (Wildman–Crippen MR) is 59.8 cm³/mol. The standard InChI is InChI=1S/C12H14F3NO2/c1-7(16)4-8-5-10-11(18-3-2-17-10)6-9(8)12(13,14)15/h5-7H,2-4,16H2,1H3. The van der Waals surface area contributed by atoms with Gasteiger partial charge in [0.15, 0.2) is 11.5 Å². The maximum atomic E-state index is 12.9. The van der Waals surface area contributed by atoms with E-state index in [0.29, 0.717) is 12.4 Å². The number of benzene rings is 1. The van der Waals surface area contributed by atoms with Gasteiger partial charge < -0.3 is 15.2 Å². The van der Waals surface area contributed by atoms with E-state index in [-0.39, 0.29) is 30.4 Å². The third kappa shape index (κ3) is 2.69. The average molecular weight is 261 g/mol. The average Bonchev–Trinajstić information content (AvgIpc) is 2.26. The van der Waals surface area contributed by atoms with Crippen LogP contribution in [0.5, 0.6) is 11.5 Å². The summed E-state index contributed by atoms with van der Waals surface area (Å²) in [6.07, 6.45) is -4.27. The van der Waals surface area contributed by atoms with Crippen molar-refractivity contribution in [1.82, 2.24) is 0 Å². The first kappa shape index (κ1) is 13.0. The Bertz CT molecular complexity index is 444. The van der Waals surface area contributed by atoms with E-state index in [4.69, 9.17) is 15.2 Å². The zero-order chi connectivity index (χ0) is 13.3. The van der Waals surface area contributed by atoms with Crippen LogP contribution >= 0.6 is 0 Å². The minimum atomic E-state index is -4.42. The molecule has 100 valence electrons. The molecule has 1 aromatic carbocycles. The third-order valence-corrected chi connectivity index (χ3v) is 2.62. The zero-order valence-corrected chi connectivity index (χ0v) is 9.88. The van der Waals surface area contributed by atoms with E-state index in [1.807, 2.05) is 0 Å². The molecule has 1 aliphatic rings. The lowest BCUT2D eigenvalue weighted by Crippen LogP contribution is -2.22. The minimum Gasteiger partial charge on any atom is -0.486 e. The number of nitrogens with two attached hydrogens (primary N) is 1. The van der Waals surface area contributed by atoms with E-state index in [2.05, 4.69) is 0 Å². The van der Waals surface area contributed by atoms with E-state index >= 15 is 0 Å². The number of hydrogen-bond acceptors (Lipinski definition) is 3. The molecule has 0 spiro atoms. The van der Waals surface area contributed by atoms with Crippen molar-refractivity contribution in [2.75, 3.05) is 13.2 Å². The summed E-state index contributed by atoms with van der Waals surface area (Å²) in [7, 11) is 0. The van der Waals surface area contributed by atoms with Gasteiger partial charge in [0, 0.05) is 6.04 Å². The fourth-order valence-corrected chi connectivity index (χ4v) is 1.91. The van der Waals surface area contributed by atoms with Gasteiger partial charge in [-0.1, -0.05) is 0 Å². The Morgan fingerprint density at radius 1 is 1.22 bits per heavy atom. The fraction of sp³-hybridized carbons (Fsp3) is 0.500. The molecule has 2 rings (SSSR count). The van der Waals surface area contributed by atoms with Crippen LogP contribution in [0.25, 0.3) is 0 Å². The number of ether oxygens (including phenoxy) is 2. The molecule has 1 heterocycles. The lowest BCUT2D eigenvalue weighted by molar-refractivity contribution is -0.138. The van der Waals surface area contributed by atoms with E-state index in [1.165, 1.54) is 6.07 Å². The van der Waals surface area contributed by atoms with E-state index < -0.39 is 11.7 Å². The van der Waals surface area contributed by atoms with E-state index in [1.54, 1.807) is 6.92 Å². The number of fused-ring (bicyclic) bond motifs is 1. The molecule has 18 heavy (non-hydrogen) atoms. The van der Waals surface area contributed by atoms with Crippen molar-refractivity contribution >= 4 is 0 Å². The molecular weight excluding hydrogens is 247 g/mol. The number of halogens is 3. The molecule has 1 aliphatic heterocycles. The van der Waals surface area contributed by atoms with Gasteiger partial charge in [-0.3, -0.25) is 0 Å².